The predicted octanol–water partition coefficient (Wildman–Crippen LogP) is -2.49. The molecule has 0 N–H and O–H groups in total. The van der Waals surface area contributed by atoms with Crippen LogP contribution in [0.25, 0.3) is 0 Å². The molecule has 0 rings (SSSR count). The summed E-state index contributed by atoms with van der Waals surface area (Å²) in [6, 6.07) is 0. The zero-order valence-electron chi connectivity index (χ0n) is 3.52. The molecule has 0 bridgehead atoms. The molecule has 5 heavy (non-hydrogen) atoms. The summed E-state index contributed by atoms with van der Waals surface area (Å²) in [7, 11) is 0. The fraction of sp³-hybridized carbons (Fsp3) is 0.500. The Morgan fingerprint density at radius 1 is 1.40 bits per heavy atom. The van der Waals surface area contributed by atoms with Crippen molar-refractivity contribution in [2.75, 3.05) is 0 Å². The minimum atomic E-state index is 0. The van der Waals surface area contributed by atoms with E-state index < -0.39 is 0 Å². The normalized spacial score (nSPS) is 2.00. The summed E-state index contributed by atoms with van der Waals surface area (Å²) in [4.78, 5) is 0. The molecule has 0 atom stereocenters. The van der Waals surface area contributed by atoms with Crippen LogP contribution in [-0.4, -0.2) is 4.21 Å². The zero-order chi connectivity index (χ0) is 4.00. The molecule has 0 heterocycles. The fourth-order valence-electron chi connectivity index (χ4n) is 0. The maximum atomic E-state index is 7.83. The maximum absolute atomic E-state index is 7.83. The van der Waals surface area contributed by atoms with Crippen molar-refractivity contribution in [1.82, 2.24) is 0 Å². The summed E-state index contributed by atoms with van der Waals surface area (Å²) < 4.78 is 7.83. The van der Waals surface area contributed by atoms with Gasteiger partial charge in [0.2, 0.25) is 0 Å². The quantitative estimate of drug-likeness (QED) is 0.257. The van der Waals surface area contributed by atoms with Crippen molar-refractivity contribution >= 4 is 12.5 Å². The average molecular weight is 116 g/mol. The van der Waals surface area contributed by atoms with Crippen molar-refractivity contribution in [3.63, 3.8) is 0 Å². The van der Waals surface area contributed by atoms with Crippen LogP contribution in [0.5, 0.6) is 0 Å². The second kappa shape index (κ2) is 44.7. The molecule has 0 saturated heterocycles. The van der Waals surface area contributed by atoms with E-state index in [1.807, 2.05) is 0 Å². The van der Waals surface area contributed by atoms with E-state index in [1.165, 1.54) is 0 Å². The first-order chi connectivity index (χ1) is 2.00. The molecule has 0 aliphatic carbocycles. The number of rotatable bonds is 0. The molecular formula is C2H5KOS. The van der Waals surface area contributed by atoms with E-state index >= 15 is 0 Å². The smallest absolute Gasteiger partial charge is 0.346 e. The first-order valence-corrected chi connectivity index (χ1v) is 1.21. The SMILES string of the molecule is O=S.[CH2-]C.[K+]. The van der Waals surface area contributed by atoms with Gasteiger partial charge in [-0.15, -0.1) is 0 Å². The van der Waals surface area contributed by atoms with Crippen molar-refractivity contribution in [2.24, 2.45) is 0 Å². The van der Waals surface area contributed by atoms with Crippen LogP contribution in [0, 0.1) is 6.92 Å². The Morgan fingerprint density at radius 2 is 1.40 bits per heavy atom. The minimum absolute atomic E-state index is 0. The van der Waals surface area contributed by atoms with E-state index in [0.29, 0.717) is 0 Å². The standard InChI is InChI=1S/C2H5.K.OS/c1-2;;1-2/h1H2,2H3;;/q-1;+1;. The van der Waals surface area contributed by atoms with Gasteiger partial charge in [0, 0.05) is 0 Å². The van der Waals surface area contributed by atoms with Crippen LogP contribution in [0.2, 0.25) is 0 Å². The van der Waals surface area contributed by atoms with Crippen LogP contribution in [0.4, 0.5) is 0 Å². The maximum Gasteiger partial charge on any atom is 1.00 e. The van der Waals surface area contributed by atoms with Crippen molar-refractivity contribution in [3.8, 4) is 0 Å². The van der Waals surface area contributed by atoms with Gasteiger partial charge in [-0.1, -0.05) is 0 Å². The van der Waals surface area contributed by atoms with Crippen LogP contribution in [0.15, 0.2) is 0 Å². The first-order valence-electron chi connectivity index (χ1n) is 0.874. The first kappa shape index (κ1) is 15.9. The summed E-state index contributed by atoms with van der Waals surface area (Å²) in [5, 5.41) is 0. The molecule has 1 nitrogen and oxygen atoms in total. The summed E-state index contributed by atoms with van der Waals surface area (Å²) in [6.07, 6.45) is 0. The van der Waals surface area contributed by atoms with Crippen LogP contribution in [0.3, 0.4) is 0 Å². The zero-order valence-corrected chi connectivity index (χ0v) is 7.46. The summed E-state index contributed by atoms with van der Waals surface area (Å²) >= 11 is 2.83. The van der Waals surface area contributed by atoms with Crippen LogP contribution < -0.4 is 51.4 Å². The Bertz CT molecular complexity index is 9.61. The van der Waals surface area contributed by atoms with Crippen LogP contribution in [-0.2, 0) is 12.5 Å². The van der Waals surface area contributed by atoms with E-state index in [-0.39, 0.29) is 51.4 Å². The molecule has 0 saturated carbocycles. The van der Waals surface area contributed by atoms with Gasteiger partial charge in [0.05, 0.1) is 0 Å². The Labute approximate surface area is 80.5 Å². The molecule has 0 spiro atoms. The van der Waals surface area contributed by atoms with Gasteiger partial charge >= 0.3 is 51.4 Å². The van der Waals surface area contributed by atoms with E-state index in [1.54, 1.807) is 6.92 Å². The largest absolute Gasteiger partial charge is 1.00 e. The molecule has 0 amide bonds. The summed E-state index contributed by atoms with van der Waals surface area (Å²) in [5.74, 6) is 0. The third-order valence-corrected chi connectivity index (χ3v) is 0. The Balaban J connectivity index is -0.0000000133. The van der Waals surface area contributed by atoms with Gasteiger partial charge in [-0.3, -0.25) is 0 Å². The second-order valence-electron chi connectivity index (χ2n) is 0. The van der Waals surface area contributed by atoms with E-state index in [2.05, 4.69) is 19.5 Å². The molecule has 3 heteroatoms. The third-order valence-electron chi connectivity index (χ3n) is 0. The molecule has 0 fully saturated rings. The molecule has 0 unspecified atom stereocenters. The Hall–Kier alpha value is 1.66. The summed E-state index contributed by atoms with van der Waals surface area (Å²) in [6.45, 7) is 5.00. The molecule has 0 aliphatic heterocycles. The monoisotopic (exact) mass is 116 g/mol. The second-order valence-corrected chi connectivity index (χ2v) is 0. The molecule has 26 valence electrons. The minimum Gasteiger partial charge on any atom is -0.346 e. The van der Waals surface area contributed by atoms with Gasteiger partial charge < -0.3 is 6.92 Å². The molecular weight excluding hydrogens is 111 g/mol. The predicted molar refractivity (Wildman–Crippen MR) is 19.2 cm³/mol. The van der Waals surface area contributed by atoms with Crippen molar-refractivity contribution in [2.45, 2.75) is 6.92 Å². The van der Waals surface area contributed by atoms with Gasteiger partial charge in [-0.2, -0.15) is 11.1 Å². The Morgan fingerprint density at radius 3 is 1.40 bits per heavy atom. The molecule has 0 aromatic carbocycles. The molecule has 0 aromatic heterocycles. The third kappa shape index (κ3) is 27.6. The van der Waals surface area contributed by atoms with Crippen LogP contribution in [0.1, 0.15) is 6.92 Å². The molecule has 0 aliphatic rings. The van der Waals surface area contributed by atoms with Crippen molar-refractivity contribution < 1.29 is 55.6 Å². The van der Waals surface area contributed by atoms with Crippen molar-refractivity contribution in [3.05, 3.63) is 6.92 Å². The van der Waals surface area contributed by atoms with Gasteiger partial charge in [0.25, 0.3) is 0 Å². The fourth-order valence-corrected chi connectivity index (χ4v) is 0. The van der Waals surface area contributed by atoms with Crippen molar-refractivity contribution in [1.29, 1.82) is 0 Å². The molecule has 0 radical (unpaired) electrons. The molecule has 0 aromatic rings. The van der Waals surface area contributed by atoms with Gasteiger partial charge in [0.15, 0.2) is 12.5 Å². The number of hydrogen-bond donors (Lipinski definition) is 0. The Kier molecular flexibility index (Phi) is 142. The summed E-state index contributed by atoms with van der Waals surface area (Å²) in [5.41, 5.74) is 0. The topological polar surface area (TPSA) is 17.1 Å². The van der Waals surface area contributed by atoms with E-state index in [9.17, 15) is 0 Å². The number of hydrogen-bond acceptors (Lipinski definition) is 2. The van der Waals surface area contributed by atoms with Crippen LogP contribution >= 0.6 is 0 Å². The van der Waals surface area contributed by atoms with E-state index in [4.69, 9.17) is 4.21 Å². The van der Waals surface area contributed by atoms with Gasteiger partial charge in [-0.25, -0.2) is 0 Å². The van der Waals surface area contributed by atoms with Gasteiger partial charge in [0.1, 0.15) is 0 Å². The average Bonchev–Trinajstić information content (AvgIpc) is 1.50. The van der Waals surface area contributed by atoms with E-state index in [0.717, 1.165) is 0 Å². The van der Waals surface area contributed by atoms with Gasteiger partial charge in [-0.05, 0) is 0 Å².